The van der Waals surface area contributed by atoms with Gasteiger partial charge in [0.05, 0.1) is 33.2 Å². The molecule has 0 amide bonds. The third-order valence-electron chi connectivity index (χ3n) is 3.95. The van der Waals surface area contributed by atoms with Gasteiger partial charge in [-0.2, -0.15) is 0 Å². The van der Waals surface area contributed by atoms with Crippen molar-refractivity contribution in [1.29, 1.82) is 0 Å². The van der Waals surface area contributed by atoms with Gasteiger partial charge in [0.25, 0.3) is 0 Å². The number of carbonyl (C=O) groups is 3. The third-order valence-corrected chi connectivity index (χ3v) is 3.95. The smallest absolute Gasteiger partial charge is 0.310 e. The molecule has 0 bridgehead atoms. The van der Waals surface area contributed by atoms with Crippen LogP contribution in [-0.2, 0) is 30.3 Å². The first-order valence-electron chi connectivity index (χ1n) is 9.67. The summed E-state index contributed by atoms with van der Waals surface area (Å²) in [6.07, 6.45) is 0.497. The first kappa shape index (κ1) is 24.5. The Balaban J connectivity index is 2.39. The van der Waals surface area contributed by atoms with Crippen molar-refractivity contribution in [2.75, 3.05) is 14.2 Å². The molecule has 0 fully saturated rings. The lowest BCUT2D eigenvalue weighted by Crippen LogP contribution is -2.24. The second kappa shape index (κ2) is 11.4. The van der Waals surface area contributed by atoms with Crippen LogP contribution in [0, 0.1) is 0 Å². The fourth-order valence-electron chi connectivity index (χ4n) is 2.58. The van der Waals surface area contributed by atoms with Crippen molar-refractivity contribution in [3.8, 4) is 11.5 Å². The minimum absolute atomic E-state index is 0.0575. The van der Waals surface area contributed by atoms with Gasteiger partial charge in [-0.25, -0.2) is 0 Å². The molecule has 1 atom stereocenters. The van der Waals surface area contributed by atoms with Gasteiger partial charge in [-0.1, -0.05) is 0 Å². The maximum absolute atomic E-state index is 12.2. The molecular formula is C22H32O7. The van der Waals surface area contributed by atoms with Crippen LogP contribution in [0.3, 0.4) is 0 Å². The lowest BCUT2D eigenvalue weighted by atomic mass is 10.1. The van der Waals surface area contributed by atoms with E-state index < -0.39 is 17.7 Å². The van der Waals surface area contributed by atoms with E-state index in [9.17, 15) is 14.4 Å². The van der Waals surface area contributed by atoms with Crippen LogP contribution in [0.5, 0.6) is 11.5 Å². The van der Waals surface area contributed by atoms with Crippen LogP contribution >= 0.6 is 0 Å². The zero-order valence-electron chi connectivity index (χ0n) is 18.2. The van der Waals surface area contributed by atoms with E-state index in [1.54, 1.807) is 60.1 Å². The Morgan fingerprint density at radius 3 is 2.00 bits per heavy atom. The average molecular weight is 408 g/mol. The Morgan fingerprint density at radius 2 is 1.48 bits per heavy atom. The van der Waals surface area contributed by atoms with Gasteiger partial charge in [-0.15, -0.1) is 0 Å². The molecule has 1 aromatic carbocycles. The summed E-state index contributed by atoms with van der Waals surface area (Å²) in [5.74, 6) is 0.343. The highest BCUT2D eigenvalue weighted by atomic mass is 16.6. The standard InChI is InChI=1S/C22H32O7/c1-15(7-8-17(23)9-10-20(24)29-22(2,3)4)28-21(25)13-16-11-18(26-5)14-19(12-16)27-6/h11-12,14-15H,7-10,13H2,1-6H3/t15-/m1/s1. The van der Waals surface area contributed by atoms with Gasteiger partial charge in [-0.05, 0) is 51.8 Å². The molecule has 0 heterocycles. The van der Waals surface area contributed by atoms with Gasteiger partial charge in [-0.3, -0.25) is 14.4 Å². The number of ketones is 1. The molecular weight excluding hydrogens is 376 g/mol. The molecule has 0 unspecified atom stereocenters. The highest BCUT2D eigenvalue weighted by Crippen LogP contribution is 2.23. The highest BCUT2D eigenvalue weighted by molar-refractivity contribution is 5.83. The molecule has 0 N–H and O–H groups in total. The van der Waals surface area contributed by atoms with E-state index in [1.807, 2.05) is 0 Å². The maximum atomic E-state index is 12.2. The first-order valence-corrected chi connectivity index (χ1v) is 9.67. The summed E-state index contributed by atoms with van der Waals surface area (Å²) in [5, 5.41) is 0. The number of hydrogen-bond donors (Lipinski definition) is 0. The highest BCUT2D eigenvalue weighted by Gasteiger charge is 2.18. The predicted molar refractivity (Wildman–Crippen MR) is 108 cm³/mol. The Hall–Kier alpha value is -2.57. The summed E-state index contributed by atoms with van der Waals surface area (Å²) in [4.78, 5) is 35.8. The van der Waals surface area contributed by atoms with Crippen LogP contribution in [0.4, 0.5) is 0 Å². The maximum Gasteiger partial charge on any atom is 0.310 e. The predicted octanol–water partition coefficient (Wildman–Crippen LogP) is 3.65. The van der Waals surface area contributed by atoms with Gasteiger partial charge in [0.1, 0.15) is 22.9 Å². The van der Waals surface area contributed by atoms with Crippen LogP contribution < -0.4 is 9.47 Å². The van der Waals surface area contributed by atoms with Crippen LogP contribution in [0.25, 0.3) is 0 Å². The van der Waals surface area contributed by atoms with Crippen molar-refractivity contribution >= 4 is 17.7 Å². The molecule has 0 radical (unpaired) electrons. The summed E-state index contributed by atoms with van der Waals surface area (Å²) >= 11 is 0. The average Bonchev–Trinajstić information content (AvgIpc) is 2.62. The number of esters is 2. The van der Waals surface area contributed by atoms with Crippen LogP contribution in [0.15, 0.2) is 18.2 Å². The molecule has 1 rings (SSSR count). The molecule has 1 aromatic rings. The molecule has 0 saturated heterocycles. The van der Waals surface area contributed by atoms with Crippen molar-refractivity contribution in [2.45, 2.75) is 71.5 Å². The van der Waals surface area contributed by atoms with Crippen LogP contribution in [0.1, 0.15) is 58.9 Å². The van der Waals surface area contributed by atoms with Crippen molar-refractivity contribution in [1.82, 2.24) is 0 Å². The van der Waals surface area contributed by atoms with Gasteiger partial charge < -0.3 is 18.9 Å². The molecule has 0 saturated carbocycles. The molecule has 0 aliphatic rings. The second-order valence-corrected chi connectivity index (χ2v) is 7.86. The summed E-state index contributed by atoms with van der Waals surface area (Å²) in [5.41, 5.74) is 0.155. The second-order valence-electron chi connectivity index (χ2n) is 7.86. The lowest BCUT2D eigenvalue weighted by molar-refractivity contribution is -0.155. The molecule has 0 aliphatic carbocycles. The summed E-state index contributed by atoms with van der Waals surface area (Å²) in [6.45, 7) is 7.09. The number of methoxy groups -OCH3 is 2. The number of Topliss-reactive ketones (excluding diaryl/α,β-unsaturated/α-hetero) is 1. The number of hydrogen-bond acceptors (Lipinski definition) is 7. The summed E-state index contributed by atoms with van der Waals surface area (Å²) in [6, 6.07) is 5.21. The first-order chi connectivity index (χ1) is 13.5. The van der Waals surface area contributed by atoms with Gasteiger partial charge in [0.15, 0.2) is 0 Å². The molecule has 7 heteroatoms. The van der Waals surface area contributed by atoms with Crippen molar-refractivity contribution in [3.05, 3.63) is 23.8 Å². The van der Waals surface area contributed by atoms with Crippen LogP contribution in [0.2, 0.25) is 0 Å². The fourth-order valence-corrected chi connectivity index (χ4v) is 2.58. The van der Waals surface area contributed by atoms with Gasteiger partial charge in [0, 0.05) is 18.9 Å². The van der Waals surface area contributed by atoms with Crippen molar-refractivity contribution in [3.63, 3.8) is 0 Å². The monoisotopic (exact) mass is 408 g/mol. The molecule has 0 aliphatic heterocycles. The Morgan fingerprint density at radius 1 is 0.897 bits per heavy atom. The largest absolute Gasteiger partial charge is 0.497 e. The third kappa shape index (κ3) is 10.5. The molecule has 7 nitrogen and oxygen atoms in total. The number of rotatable bonds is 11. The number of benzene rings is 1. The zero-order chi connectivity index (χ0) is 22.0. The fraction of sp³-hybridized carbons (Fsp3) is 0.591. The van der Waals surface area contributed by atoms with Gasteiger partial charge >= 0.3 is 11.9 Å². The lowest BCUT2D eigenvalue weighted by Gasteiger charge is -2.19. The summed E-state index contributed by atoms with van der Waals surface area (Å²) < 4.78 is 20.9. The minimum atomic E-state index is -0.560. The molecule has 162 valence electrons. The Bertz CT molecular complexity index is 681. The minimum Gasteiger partial charge on any atom is -0.497 e. The van der Waals surface area contributed by atoms with E-state index in [1.165, 1.54) is 0 Å². The van der Waals surface area contributed by atoms with E-state index >= 15 is 0 Å². The Kier molecular flexibility index (Phi) is 9.65. The SMILES string of the molecule is COc1cc(CC(=O)O[C@H](C)CCC(=O)CCC(=O)OC(C)(C)C)cc(OC)c1. The molecule has 0 spiro atoms. The summed E-state index contributed by atoms with van der Waals surface area (Å²) in [7, 11) is 3.08. The van der Waals surface area contributed by atoms with E-state index in [-0.39, 0.29) is 37.4 Å². The van der Waals surface area contributed by atoms with Crippen molar-refractivity contribution in [2.24, 2.45) is 0 Å². The quantitative estimate of drug-likeness (QED) is 0.516. The normalized spacial score (nSPS) is 12.1. The topological polar surface area (TPSA) is 88.1 Å². The molecule has 0 aromatic heterocycles. The van der Waals surface area contributed by atoms with Crippen molar-refractivity contribution < 1.29 is 33.3 Å². The van der Waals surface area contributed by atoms with Crippen LogP contribution in [-0.4, -0.2) is 43.6 Å². The van der Waals surface area contributed by atoms with Gasteiger partial charge in [0.2, 0.25) is 0 Å². The number of carbonyl (C=O) groups excluding carboxylic acids is 3. The zero-order valence-corrected chi connectivity index (χ0v) is 18.2. The van der Waals surface area contributed by atoms with E-state index in [2.05, 4.69) is 0 Å². The van der Waals surface area contributed by atoms with E-state index in [0.717, 1.165) is 0 Å². The number of ether oxygens (including phenoxy) is 4. The van der Waals surface area contributed by atoms with E-state index in [0.29, 0.717) is 23.5 Å². The molecule has 29 heavy (non-hydrogen) atoms. The Labute approximate surface area is 172 Å². The van der Waals surface area contributed by atoms with E-state index in [4.69, 9.17) is 18.9 Å².